The largest absolute Gasteiger partial charge is 0.385 e. The van der Waals surface area contributed by atoms with Crippen molar-refractivity contribution in [1.82, 2.24) is 10.2 Å². The van der Waals surface area contributed by atoms with Crippen LogP contribution in [0.25, 0.3) is 0 Å². The van der Waals surface area contributed by atoms with Gasteiger partial charge in [-0.25, -0.2) is 0 Å². The van der Waals surface area contributed by atoms with Gasteiger partial charge in [-0.05, 0) is 25.7 Å². The first-order chi connectivity index (χ1) is 8.47. The molecule has 1 aliphatic heterocycles. The minimum absolute atomic E-state index is 0.0105. The van der Waals surface area contributed by atoms with Crippen molar-refractivity contribution in [3.63, 3.8) is 0 Å². The Morgan fingerprint density at radius 1 is 1.39 bits per heavy atom. The maximum Gasteiger partial charge on any atom is 0.245 e. The third-order valence-electron chi connectivity index (χ3n) is 3.13. The maximum atomic E-state index is 12.1. The van der Waals surface area contributed by atoms with Crippen molar-refractivity contribution in [2.75, 3.05) is 20.3 Å². The lowest BCUT2D eigenvalue weighted by Crippen LogP contribution is -2.62. The lowest BCUT2D eigenvalue weighted by atomic mass is 9.98. The first-order valence-electron chi connectivity index (χ1n) is 6.57. The number of hydrogen-bond acceptors (Lipinski definition) is 3. The SMILES string of the molecule is COCCCN1C(=O)C(C)NC(=O)C1CC(C)C. The summed E-state index contributed by atoms with van der Waals surface area (Å²) in [7, 11) is 1.64. The van der Waals surface area contributed by atoms with Gasteiger partial charge >= 0.3 is 0 Å². The smallest absolute Gasteiger partial charge is 0.245 e. The van der Waals surface area contributed by atoms with Crippen molar-refractivity contribution in [3.8, 4) is 0 Å². The number of ether oxygens (including phenoxy) is 1. The summed E-state index contributed by atoms with van der Waals surface area (Å²) < 4.78 is 5.00. The molecule has 1 N–H and O–H groups in total. The lowest BCUT2D eigenvalue weighted by molar-refractivity contribution is -0.149. The molecule has 0 bridgehead atoms. The van der Waals surface area contributed by atoms with Gasteiger partial charge in [0.1, 0.15) is 12.1 Å². The van der Waals surface area contributed by atoms with E-state index in [9.17, 15) is 9.59 Å². The summed E-state index contributed by atoms with van der Waals surface area (Å²) in [6.45, 7) is 7.04. The molecular formula is C13H24N2O3. The number of nitrogens with zero attached hydrogens (tertiary/aromatic N) is 1. The van der Waals surface area contributed by atoms with Crippen molar-refractivity contribution in [2.24, 2.45) is 5.92 Å². The summed E-state index contributed by atoms with van der Waals surface area (Å²) in [5, 5.41) is 2.74. The van der Waals surface area contributed by atoms with Crippen LogP contribution in [0, 0.1) is 5.92 Å². The van der Waals surface area contributed by atoms with Crippen LogP contribution in [0.4, 0.5) is 0 Å². The third-order valence-corrected chi connectivity index (χ3v) is 3.13. The molecule has 18 heavy (non-hydrogen) atoms. The number of methoxy groups -OCH3 is 1. The van der Waals surface area contributed by atoms with E-state index in [1.54, 1.807) is 18.9 Å². The van der Waals surface area contributed by atoms with Crippen LogP contribution in [0.2, 0.25) is 0 Å². The Kier molecular flexibility index (Phi) is 5.59. The second-order valence-electron chi connectivity index (χ2n) is 5.25. The molecule has 1 rings (SSSR count). The van der Waals surface area contributed by atoms with Crippen molar-refractivity contribution in [3.05, 3.63) is 0 Å². The van der Waals surface area contributed by atoms with Crippen molar-refractivity contribution in [1.29, 1.82) is 0 Å². The average molecular weight is 256 g/mol. The predicted molar refractivity (Wildman–Crippen MR) is 69.1 cm³/mol. The lowest BCUT2D eigenvalue weighted by Gasteiger charge is -2.38. The Hall–Kier alpha value is -1.10. The fourth-order valence-electron chi connectivity index (χ4n) is 2.24. The van der Waals surface area contributed by atoms with Crippen LogP contribution in [-0.4, -0.2) is 49.1 Å². The second-order valence-corrected chi connectivity index (χ2v) is 5.25. The van der Waals surface area contributed by atoms with Gasteiger partial charge in [0.25, 0.3) is 0 Å². The molecule has 1 fully saturated rings. The normalized spacial score (nSPS) is 24.6. The maximum absolute atomic E-state index is 12.1. The highest BCUT2D eigenvalue weighted by atomic mass is 16.5. The summed E-state index contributed by atoms with van der Waals surface area (Å²) in [4.78, 5) is 25.8. The average Bonchev–Trinajstić information content (AvgIpc) is 2.29. The van der Waals surface area contributed by atoms with Gasteiger partial charge in [0.2, 0.25) is 11.8 Å². The molecule has 1 aliphatic rings. The summed E-state index contributed by atoms with van der Waals surface area (Å²) in [5.41, 5.74) is 0. The fraction of sp³-hybridized carbons (Fsp3) is 0.846. The van der Waals surface area contributed by atoms with E-state index in [4.69, 9.17) is 4.74 Å². The summed E-state index contributed by atoms with van der Waals surface area (Å²) >= 11 is 0. The molecule has 1 saturated heterocycles. The molecule has 2 unspecified atom stereocenters. The number of amides is 2. The van der Waals surface area contributed by atoms with Crippen LogP contribution in [0.1, 0.15) is 33.6 Å². The second kappa shape index (κ2) is 6.73. The molecule has 0 aromatic rings. The summed E-state index contributed by atoms with van der Waals surface area (Å²) in [6, 6.07) is -0.742. The van der Waals surface area contributed by atoms with Crippen LogP contribution < -0.4 is 5.32 Å². The molecular weight excluding hydrogens is 232 g/mol. The minimum Gasteiger partial charge on any atom is -0.385 e. The van der Waals surface area contributed by atoms with E-state index in [1.807, 2.05) is 0 Å². The zero-order chi connectivity index (χ0) is 13.7. The van der Waals surface area contributed by atoms with Crippen molar-refractivity contribution in [2.45, 2.75) is 45.7 Å². The number of nitrogens with one attached hydrogen (secondary N) is 1. The summed E-state index contributed by atoms with van der Waals surface area (Å²) in [5.74, 6) is 0.358. The summed E-state index contributed by atoms with van der Waals surface area (Å²) in [6.07, 6.45) is 1.47. The van der Waals surface area contributed by atoms with E-state index in [0.717, 1.165) is 6.42 Å². The molecule has 0 aliphatic carbocycles. The predicted octanol–water partition coefficient (Wildman–Crippen LogP) is 0.784. The highest BCUT2D eigenvalue weighted by molar-refractivity contribution is 5.96. The molecule has 0 saturated carbocycles. The zero-order valence-electron chi connectivity index (χ0n) is 11.7. The number of hydrogen-bond donors (Lipinski definition) is 1. The van der Waals surface area contributed by atoms with E-state index in [0.29, 0.717) is 25.5 Å². The molecule has 5 nitrogen and oxygen atoms in total. The number of piperazine rings is 1. The molecule has 0 aromatic heterocycles. The van der Waals surface area contributed by atoms with Gasteiger partial charge in [0.05, 0.1) is 0 Å². The van der Waals surface area contributed by atoms with Crippen molar-refractivity contribution < 1.29 is 14.3 Å². The Balaban J connectivity index is 2.73. The third kappa shape index (κ3) is 3.70. The standard InChI is InChI=1S/C13H24N2O3/c1-9(2)8-11-12(16)14-10(3)13(17)15(11)6-5-7-18-4/h9-11H,5-8H2,1-4H3,(H,14,16). The Bertz CT molecular complexity index is 305. The Morgan fingerprint density at radius 3 is 2.61 bits per heavy atom. The molecule has 1 heterocycles. The van der Waals surface area contributed by atoms with Gasteiger partial charge < -0.3 is 15.0 Å². The quantitative estimate of drug-likeness (QED) is 0.715. The highest BCUT2D eigenvalue weighted by Crippen LogP contribution is 2.17. The van der Waals surface area contributed by atoms with Crippen molar-refractivity contribution >= 4 is 11.8 Å². The van der Waals surface area contributed by atoms with Gasteiger partial charge in [-0.1, -0.05) is 13.8 Å². The first-order valence-corrected chi connectivity index (χ1v) is 6.57. The highest BCUT2D eigenvalue weighted by Gasteiger charge is 2.38. The molecule has 0 spiro atoms. The number of carbonyl (C=O) groups excluding carboxylic acids is 2. The minimum atomic E-state index is -0.413. The monoisotopic (exact) mass is 256 g/mol. The Labute approximate surface area is 109 Å². The molecule has 2 atom stereocenters. The van der Waals surface area contributed by atoms with Gasteiger partial charge in [-0.2, -0.15) is 0 Å². The topological polar surface area (TPSA) is 58.6 Å². The molecule has 0 radical (unpaired) electrons. The van der Waals surface area contributed by atoms with Gasteiger partial charge in [0, 0.05) is 20.3 Å². The number of rotatable bonds is 6. The van der Waals surface area contributed by atoms with E-state index < -0.39 is 6.04 Å². The van der Waals surface area contributed by atoms with E-state index >= 15 is 0 Å². The van der Waals surface area contributed by atoms with E-state index in [2.05, 4.69) is 19.2 Å². The van der Waals surface area contributed by atoms with E-state index in [1.165, 1.54) is 0 Å². The number of carbonyl (C=O) groups is 2. The van der Waals surface area contributed by atoms with E-state index in [-0.39, 0.29) is 17.9 Å². The van der Waals surface area contributed by atoms with Crippen LogP contribution >= 0.6 is 0 Å². The van der Waals surface area contributed by atoms with Crippen LogP contribution in [0.3, 0.4) is 0 Å². The van der Waals surface area contributed by atoms with Gasteiger partial charge in [-0.3, -0.25) is 9.59 Å². The molecule has 5 heteroatoms. The fourth-order valence-corrected chi connectivity index (χ4v) is 2.24. The van der Waals surface area contributed by atoms with Crippen LogP contribution in [-0.2, 0) is 14.3 Å². The molecule has 0 aromatic carbocycles. The Morgan fingerprint density at radius 2 is 2.06 bits per heavy atom. The van der Waals surface area contributed by atoms with Gasteiger partial charge in [0.15, 0.2) is 0 Å². The zero-order valence-corrected chi connectivity index (χ0v) is 11.7. The van der Waals surface area contributed by atoms with Gasteiger partial charge in [-0.15, -0.1) is 0 Å². The van der Waals surface area contributed by atoms with Crippen LogP contribution in [0.15, 0.2) is 0 Å². The first kappa shape index (κ1) is 15.0. The molecule has 104 valence electrons. The molecule has 2 amide bonds. The van der Waals surface area contributed by atoms with Crippen LogP contribution in [0.5, 0.6) is 0 Å².